The number of hydrogen-bond donors (Lipinski definition) is 2. The zero-order valence-electron chi connectivity index (χ0n) is 14.7. The van der Waals surface area contributed by atoms with Gasteiger partial charge in [-0.1, -0.05) is 30.3 Å². The van der Waals surface area contributed by atoms with Crippen LogP contribution in [0.5, 0.6) is 0 Å². The molecule has 3 rings (SSSR count). The lowest BCUT2D eigenvalue weighted by atomic mass is 9.95. The van der Waals surface area contributed by atoms with Gasteiger partial charge < -0.3 is 10.6 Å². The van der Waals surface area contributed by atoms with Crippen LogP contribution in [0.15, 0.2) is 48.5 Å². The lowest BCUT2D eigenvalue weighted by molar-refractivity contribution is -0.137. The van der Waals surface area contributed by atoms with Gasteiger partial charge in [-0.3, -0.25) is 10.1 Å². The third-order valence-electron chi connectivity index (χ3n) is 4.31. The second-order valence-corrected chi connectivity index (χ2v) is 6.17. The number of nitrogens with one attached hydrogen (secondary N) is 1. The first-order chi connectivity index (χ1) is 13.3. The van der Waals surface area contributed by atoms with Crippen molar-refractivity contribution in [1.82, 2.24) is 9.88 Å². The molecule has 3 N–H and O–H groups in total. The highest BCUT2D eigenvalue weighted by atomic mass is 19.4. The molecule has 2 heterocycles. The zero-order chi connectivity index (χ0) is 20.3. The van der Waals surface area contributed by atoms with Crippen molar-refractivity contribution in [3.05, 3.63) is 65.4 Å². The van der Waals surface area contributed by atoms with E-state index in [4.69, 9.17) is 5.73 Å². The van der Waals surface area contributed by atoms with Crippen LogP contribution in [-0.4, -0.2) is 34.9 Å². The first-order valence-corrected chi connectivity index (χ1v) is 8.44. The lowest BCUT2D eigenvalue weighted by Gasteiger charge is -2.27. The average Bonchev–Trinajstić information content (AvgIpc) is 2.67. The van der Waals surface area contributed by atoms with Gasteiger partial charge in [0, 0.05) is 13.1 Å². The predicted molar refractivity (Wildman–Crippen MR) is 97.4 cm³/mol. The van der Waals surface area contributed by atoms with Crippen LogP contribution in [-0.2, 0) is 6.18 Å². The molecule has 1 aliphatic rings. The Hall–Kier alpha value is -3.36. The Morgan fingerprint density at radius 1 is 1.11 bits per heavy atom. The molecule has 0 fully saturated rings. The predicted octanol–water partition coefficient (Wildman–Crippen LogP) is 3.52. The van der Waals surface area contributed by atoms with E-state index in [0.717, 1.165) is 6.07 Å². The van der Waals surface area contributed by atoms with Crippen LogP contribution in [0.2, 0.25) is 0 Å². The molecule has 0 radical (unpaired) electrons. The molecule has 1 aromatic carbocycles. The standard InChI is InChI=1S/C19H17F3N4O2/c20-19(21,22)14-5-2-1-4-13(14)12-8-10-26(11-9-12)18(28)25-16-7-3-6-15(24-16)17(23)27/h1-8H,9-11H2,(H2,23,27)(H,24,25,28). The molecule has 0 unspecified atom stereocenters. The Bertz CT molecular complexity index is 941. The summed E-state index contributed by atoms with van der Waals surface area (Å²) in [6, 6.07) is 9.39. The summed E-state index contributed by atoms with van der Waals surface area (Å²) in [4.78, 5) is 28.9. The van der Waals surface area contributed by atoms with E-state index in [2.05, 4.69) is 10.3 Å². The van der Waals surface area contributed by atoms with Crippen LogP contribution < -0.4 is 11.1 Å². The summed E-state index contributed by atoms with van der Waals surface area (Å²) < 4.78 is 39.6. The van der Waals surface area contributed by atoms with E-state index in [-0.39, 0.29) is 36.6 Å². The van der Waals surface area contributed by atoms with Crippen LogP contribution in [0.1, 0.15) is 28.0 Å². The van der Waals surface area contributed by atoms with Crippen molar-refractivity contribution in [2.45, 2.75) is 12.6 Å². The summed E-state index contributed by atoms with van der Waals surface area (Å²) in [5.41, 5.74) is 5.16. The number of primary amides is 1. The minimum Gasteiger partial charge on any atom is -0.364 e. The van der Waals surface area contributed by atoms with Crippen LogP contribution in [0.25, 0.3) is 5.57 Å². The van der Waals surface area contributed by atoms with E-state index in [1.54, 1.807) is 12.1 Å². The second kappa shape index (κ2) is 7.71. The van der Waals surface area contributed by atoms with Crippen LogP contribution in [0.3, 0.4) is 0 Å². The Morgan fingerprint density at radius 2 is 1.86 bits per heavy atom. The summed E-state index contributed by atoms with van der Waals surface area (Å²) in [5.74, 6) is -0.552. The minimum atomic E-state index is -4.44. The maximum Gasteiger partial charge on any atom is 0.416 e. The van der Waals surface area contributed by atoms with Gasteiger partial charge in [0.1, 0.15) is 11.5 Å². The topological polar surface area (TPSA) is 88.3 Å². The van der Waals surface area contributed by atoms with Crippen molar-refractivity contribution < 1.29 is 22.8 Å². The average molecular weight is 390 g/mol. The number of urea groups is 1. The van der Waals surface area contributed by atoms with Gasteiger partial charge in [0.15, 0.2) is 0 Å². The zero-order valence-corrected chi connectivity index (χ0v) is 14.7. The number of rotatable bonds is 3. The smallest absolute Gasteiger partial charge is 0.364 e. The number of pyridine rings is 1. The van der Waals surface area contributed by atoms with Crippen LogP contribution in [0.4, 0.5) is 23.8 Å². The molecule has 9 heteroatoms. The molecule has 146 valence electrons. The second-order valence-electron chi connectivity index (χ2n) is 6.17. The molecule has 2 aromatic rings. The van der Waals surface area contributed by atoms with Crippen molar-refractivity contribution in [2.24, 2.45) is 5.73 Å². The monoisotopic (exact) mass is 390 g/mol. The van der Waals surface area contributed by atoms with Gasteiger partial charge in [-0.05, 0) is 35.8 Å². The summed E-state index contributed by atoms with van der Waals surface area (Å²) >= 11 is 0. The van der Waals surface area contributed by atoms with Crippen molar-refractivity contribution in [2.75, 3.05) is 18.4 Å². The van der Waals surface area contributed by atoms with Gasteiger partial charge in [-0.2, -0.15) is 13.2 Å². The number of hydrogen-bond acceptors (Lipinski definition) is 3. The first-order valence-electron chi connectivity index (χ1n) is 8.44. The molecule has 6 nitrogen and oxygen atoms in total. The van der Waals surface area contributed by atoms with E-state index >= 15 is 0 Å². The highest BCUT2D eigenvalue weighted by Crippen LogP contribution is 2.36. The molecule has 0 bridgehead atoms. The Kier molecular flexibility index (Phi) is 5.34. The Balaban J connectivity index is 1.71. The van der Waals surface area contributed by atoms with Gasteiger partial charge in [0.2, 0.25) is 0 Å². The number of aromatic nitrogens is 1. The molecular formula is C19H17F3N4O2. The molecule has 1 aromatic heterocycles. The van der Waals surface area contributed by atoms with Crippen LogP contribution >= 0.6 is 0 Å². The summed E-state index contributed by atoms with van der Waals surface area (Å²) in [7, 11) is 0. The fraction of sp³-hybridized carbons (Fsp3) is 0.211. The number of alkyl halides is 3. The maximum absolute atomic E-state index is 13.2. The summed E-state index contributed by atoms with van der Waals surface area (Å²) in [5, 5.41) is 2.56. The van der Waals surface area contributed by atoms with Gasteiger partial charge in [0.25, 0.3) is 5.91 Å². The summed E-state index contributed by atoms with van der Waals surface area (Å²) in [6.45, 7) is 0.405. The number of nitrogens with zero attached hydrogens (tertiary/aromatic N) is 2. The fourth-order valence-electron chi connectivity index (χ4n) is 2.94. The third-order valence-corrected chi connectivity index (χ3v) is 4.31. The van der Waals surface area contributed by atoms with Gasteiger partial charge >= 0.3 is 12.2 Å². The number of anilines is 1. The van der Waals surface area contributed by atoms with Gasteiger partial charge in [0.05, 0.1) is 5.56 Å². The highest BCUT2D eigenvalue weighted by molar-refractivity contribution is 5.93. The van der Waals surface area contributed by atoms with Crippen molar-refractivity contribution in [3.8, 4) is 0 Å². The number of nitrogens with two attached hydrogens (primary N) is 1. The SMILES string of the molecule is NC(=O)c1cccc(NC(=O)N2CC=C(c3ccccc3C(F)(F)F)CC2)n1. The van der Waals surface area contributed by atoms with Gasteiger partial charge in [-0.25, -0.2) is 9.78 Å². The number of amides is 3. The normalized spacial score (nSPS) is 14.4. The van der Waals surface area contributed by atoms with E-state index in [1.807, 2.05) is 0 Å². The molecule has 3 amide bonds. The number of halogens is 3. The molecule has 0 aliphatic carbocycles. The lowest BCUT2D eigenvalue weighted by Crippen LogP contribution is -2.38. The van der Waals surface area contributed by atoms with E-state index in [9.17, 15) is 22.8 Å². The number of carbonyl (C=O) groups is 2. The number of carbonyl (C=O) groups excluding carboxylic acids is 2. The highest BCUT2D eigenvalue weighted by Gasteiger charge is 2.34. The molecule has 1 aliphatic heterocycles. The van der Waals surface area contributed by atoms with E-state index < -0.39 is 23.7 Å². The molecular weight excluding hydrogens is 373 g/mol. The minimum absolute atomic E-state index is 0.0161. The largest absolute Gasteiger partial charge is 0.416 e. The quantitative estimate of drug-likeness (QED) is 0.841. The van der Waals surface area contributed by atoms with Crippen molar-refractivity contribution in [3.63, 3.8) is 0 Å². The first kappa shape index (κ1) is 19.4. The molecule has 0 spiro atoms. The summed E-state index contributed by atoms with van der Waals surface area (Å²) in [6.07, 6.45) is -2.54. The molecule has 0 saturated carbocycles. The Labute approximate surface area is 158 Å². The maximum atomic E-state index is 13.2. The third kappa shape index (κ3) is 4.30. The molecule has 0 saturated heterocycles. The van der Waals surface area contributed by atoms with E-state index in [1.165, 1.54) is 35.2 Å². The number of benzene rings is 1. The molecule has 0 atom stereocenters. The molecule has 28 heavy (non-hydrogen) atoms. The van der Waals surface area contributed by atoms with E-state index in [0.29, 0.717) is 5.57 Å². The van der Waals surface area contributed by atoms with Gasteiger partial charge in [-0.15, -0.1) is 0 Å². The Morgan fingerprint density at radius 3 is 2.50 bits per heavy atom. The fourth-order valence-corrected chi connectivity index (χ4v) is 2.94. The van der Waals surface area contributed by atoms with Crippen molar-refractivity contribution >= 4 is 23.3 Å². The van der Waals surface area contributed by atoms with Crippen molar-refractivity contribution in [1.29, 1.82) is 0 Å². The van der Waals surface area contributed by atoms with Crippen LogP contribution in [0, 0.1) is 0 Å².